The van der Waals surface area contributed by atoms with E-state index in [1.165, 1.54) is 0 Å². The van der Waals surface area contributed by atoms with Crippen LogP contribution in [0.2, 0.25) is 0 Å². The molecule has 0 spiro atoms. The van der Waals surface area contributed by atoms with Crippen molar-refractivity contribution < 1.29 is 9.59 Å². The SMILES string of the molecule is CCC(C)C1NC(=O)C(CC)N(C2CCCC2(C)C)C1=O. The molecular formula is C17H30N2O2. The molecule has 120 valence electrons. The number of hydrogen-bond donors (Lipinski definition) is 1. The molecule has 0 bridgehead atoms. The fraction of sp³-hybridized carbons (Fsp3) is 0.882. The molecule has 2 rings (SSSR count). The van der Waals surface area contributed by atoms with Crippen LogP contribution in [-0.4, -0.2) is 34.8 Å². The van der Waals surface area contributed by atoms with Gasteiger partial charge in [-0.05, 0) is 30.6 Å². The number of nitrogens with one attached hydrogen (secondary N) is 1. The molecule has 1 heterocycles. The van der Waals surface area contributed by atoms with Gasteiger partial charge in [-0.2, -0.15) is 0 Å². The van der Waals surface area contributed by atoms with Gasteiger partial charge in [-0.15, -0.1) is 0 Å². The van der Waals surface area contributed by atoms with Crippen LogP contribution in [-0.2, 0) is 9.59 Å². The number of hydrogen-bond acceptors (Lipinski definition) is 2. The first-order valence-corrected chi connectivity index (χ1v) is 8.46. The normalized spacial score (nSPS) is 34.0. The minimum atomic E-state index is -0.346. The Kier molecular flexibility index (Phi) is 4.64. The number of rotatable bonds is 4. The molecule has 1 saturated carbocycles. The van der Waals surface area contributed by atoms with Crippen LogP contribution in [0.1, 0.15) is 66.7 Å². The molecule has 4 atom stereocenters. The lowest BCUT2D eigenvalue weighted by atomic mass is 9.83. The van der Waals surface area contributed by atoms with Gasteiger partial charge < -0.3 is 10.2 Å². The number of carbonyl (C=O) groups excluding carboxylic acids is 2. The number of nitrogens with zero attached hydrogens (tertiary/aromatic N) is 1. The zero-order chi connectivity index (χ0) is 15.8. The summed E-state index contributed by atoms with van der Waals surface area (Å²) in [7, 11) is 0. The Labute approximate surface area is 128 Å². The minimum Gasteiger partial charge on any atom is -0.342 e. The molecule has 2 fully saturated rings. The molecule has 21 heavy (non-hydrogen) atoms. The second-order valence-electron chi connectivity index (χ2n) is 7.44. The Balaban J connectivity index is 2.33. The summed E-state index contributed by atoms with van der Waals surface area (Å²) >= 11 is 0. The van der Waals surface area contributed by atoms with E-state index in [1.54, 1.807) is 0 Å². The summed E-state index contributed by atoms with van der Waals surface area (Å²) in [4.78, 5) is 27.4. The second kappa shape index (κ2) is 5.98. The molecule has 4 nitrogen and oxygen atoms in total. The lowest BCUT2D eigenvalue weighted by Gasteiger charge is -2.47. The number of piperazine rings is 1. The van der Waals surface area contributed by atoms with Crippen LogP contribution in [0.25, 0.3) is 0 Å². The molecule has 1 N–H and O–H groups in total. The van der Waals surface area contributed by atoms with Crippen molar-refractivity contribution in [3.05, 3.63) is 0 Å². The molecular weight excluding hydrogens is 264 g/mol. The van der Waals surface area contributed by atoms with Gasteiger partial charge in [-0.25, -0.2) is 0 Å². The summed E-state index contributed by atoms with van der Waals surface area (Å²) in [5.74, 6) is 0.354. The number of carbonyl (C=O) groups is 2. The smallest absolute Gasteiger partial charge is 0.246 e. The number of amides is 2. The van der Waals surface area contributed by atoms with Crippen molar-refractivity contribution in [2.75, 3.05) is 0 Å². The molecule has 0 aromatic carbocycles. The quantitative estimate of drug-likeness (QED) is 0.866. The first-order chi connectivity index (χ1) is 9.83. The van der Waals surface area contributed by atoms with Gasteiger partial charge in [0, 0.05) is 6.04 Å². The Morgan fingerprint density at radius 2 is 2.00 bits per heavy atom. The van der Waals surface area contributed by atoms with Crippen molar-refractivity contribution in [2.24, 2.45) is 11.3 Å². The topological polar surface area (TPSA) is 49.4 Å². The maximum Gasteiger partial charge on any atom is 0.246 e. The van der Waals surface area contributed by atoms with Gasteiger partial charge in [0.25, 0.3) is 0 Å². The van der Waals surface area contributed by atoms with E-state index in [-0.39, 0.29) is 41.3 Å². The average Bonchev–Trinajstić information content (AvgIpc) is 2.78. The fourth-order valence-corrected chi connectivity index (χ4v) is 3.95. The monoisotopic (exact) mass is 294 g/mol. The fourth-order valence-electron chi connectivity index (χ4n) is 3.95. The van der Waals surface area contributed by atoms with Crippen molar-refractivity contribution in [3.8, 4) is 0 Å². The van der Waals surface area contributed by atoms with Gasteiger partial charge in [0.1, 0.15) is 12.1 Å². The third-order valence-electron chi connectivity index (χ3n) is 5.59. The van der Waals surface area contributed by atoms with Crippen LogP contribution < -0.4 is 5.32 Å². The van der Waals surface area contributed by atoms with Crippen LogP contribution in [0.5, 0.6) is 0 Å². The van der Waals surface area contributed by atoms with Crippen LogP contribution in [0.15, 0.2) is 0 Å². The third-order valence-corrected chi connectivity index (χ3v) is 5.59. The Morgan fingerprint density at radius 1 is 1.33 bits per heavy atom. The maximum atomic E-state index is 13.0. The van der Waals surface area contributed by atoms with Crippen molar-refractivity contribution in [3.63, 3.8) is 0 Å². The highest BCUT2D eigenvalue weighted by Gasteiger charge is 2.49. The summed E-state index contributed by atoms with van der Waals surface area (Å²) < 4.78 is 0. The Hall–Kier alpha value is -1.06. The first-order valence-electron chi connectivity index (χ1n) is 8.46. The van der Waals surface area contributed by atoms with Crippen molar-refractivity contribution in [1.29, 1.82) is 0 Å². The summed E-state index contributed by atoms with van der Waals surface area (Å²) in [6.07, 6.45) is 4.89. The van der Waals surface area contributed by atoms with E-state index in [4.69, 9.17) is 0 Å². The largest absolute Gasteiger partial charge is 0.342 e. The molecule has 0 aromatic heterocycles. The average molecular weight is 294 g/mol. The van der Waals surface area contributed by atoms with Crippen molar-refractivity contribution in [2.45, 2.75) is 84.8 Å². The summed E-state index contributed by atoms with van der Waals surface area (Å²) in [5, 5.41) is 2.97. The molecule has 2 amide bonds. The van der Waals surface area contributed by atoms with E-state index in [9.17, 15) is 9.59 Å². The van der Waals surface area contributed by atoms with Gasteiger partial charge in [-0.3, -0.25) is 9.59 Å². The van der Waals surface area contributed by atoms with E-state index in [2.05, 4.69) is 26.1 Å². The van der Waals surface area contributed by atoms with Gasteiger partial charge >= 0.3 is 0 Å². The van der Waals surface area contributed by atoms with E-state index in [0.717, 1.165) is 25.7 Å². The molecule has 0 radical (unpaired) electrons. The van der Waals surface area contributed by atoms with Crippen LogP contribution in [0, 0.1) is 11.3 Å². The summed E-state index contributed by atoms with van der Waals surface area (Å²) in [6.45, 7) is 10.6. The van der Waals surface area contributed by atoms with E-state index in [1.807, 2.05) is 18.7 Å². The molecule has 2 aliphatic rings. The second-order valence-corrected chi connectivity index (χ2v) is 7.44. The minimum absolute atomic E-state index is 0.0325. The highest BCUT2D eigenvalue weighted by atomic mass is 16.2. The predicted octanol–water partition coefficient (Wildman–Crippen LogP) is 2.72. The molecule has 1 aliphatic heterocycles. The summed E-state index contributed by atoms with van der Waals surface area (Å²) in [6, 6.07) is -0.436. The third kappa shape index (κ3) is 2.82. The van der Waals surface area contributed by atoms with E-state index in [0.29, 0.717) is 6.42 Å². The lowest BCUT2D eigenvalue weighted by Crippen LogP contribution is -2.68. The lowest BCUT2D eigenvalue weighted by molar-refractivity contribution is -0.156. The standard InChI is InChI=1S/C17H30N2O2/c1-6-11(3)14-16(21)19(12(7-2)15(20)18-14)13-9-8-10-17(13,4)5/h11-14H,6-10H2,1-5H3,(H,18,20). The zero-order valence-corrected chi connectivity index (χ0v) is 14.1. The molecule has 4 heteroatoms. The molecule has 4 unspecified atom stereocenters. The first kappa shape index (κ1) is 16.3. The van der Waals surface area contributed by atoms with E-state index >= 15 is 0 Å². The highest BCUT2D eigenvalue weighted by molar-refractivity contribution is 5.97. The van der Waals surface area contributed by atoms with Gasteiger partial charge in [0.05, 0.1) is 0 Å². The molecule has 1 aliphatic carbocycles. The Morgan fingerprint density at radius 3 is 2.48 bits per heavy atom. The van der Waals surface area contributed by atoms with Crippen molar-refractivity contribution >= 4 is 11.8 Å². The van der Waals surface area contributed by atoms with Crippen LogP contribution in [0.4, 0.5) is 0 Å². The van der Waals surface area contributed by atoms with Gasteiger partial charge in [-0.1, -0.05) is 47.5 Å². The maximum absolute atomic E-state index is 13.0. The summed E-state index contributed by atoms with van der Waals surface area (Å²) in [5.41, 5.74) is 0.112. The highest BCUT2D eigenvalue weighted by Crippen LogP contribution is 2.42. The zero-order valence-electron chi connectivity index (χ0n) is 14.1. The van der Waals surface area contributed by atoms with Gasteiger partial charge in [0.15, 0.2) is 0 Å². The molecule has 0 aromatic rings. The molecule has 1 saturated heterocycles. The Bertz CT molecular complexity index is 419. The van der Waals surface area contributed by atoms with E-state index < -0.39 is 0 Å². The van der Waals surface area contributed by atoms with Crippen LogP contribution >= 0.6 is 0 Å². The van der Waals surface area contributed by atoms with Gasteiger partial charge in [0.2, 0.25) is 11.8 Å². The van der Waals surface area contributed by atoms with Crippen LogP contribution in [0.3, 0.4) is 0 Å². The van der Waals surface area contributed by atoms with Crippen molar-refractivity contribution in [1.82, 2.24) is 10.2 Å². The predicted molar refractivity (Wildman–Crippen MR) is 83.7 cm³/mol.